The first-order valence-corrected chi connectivity index (χ1v) is 8.45. The van der Waals surface area contributed by atoms with Crippen LogP contribution in [0.5, 0.6) is 0 Å². The van der Waals surface area contributed by atoms with Crippen molar-refractivity contribution in [2.45, 2.75) is 64.1 Å². The smallest absolute Gasteiger partial charge is 0.335 e. The number of ether oxygens (including phenoxy) is 3. The zero-order chi connectivity index (χ0) is 18.6. The van der Waals surface area contributed by atoms with Gasteiger partial charge in [-0.05, 0) is 27.7 Å². The second kappa shape index (κ2) is 5.86. The van der Waals surface area contributed by atoms with Crippen molar-refractivity contribution in [2.75, 3.05) is 5.32 Å². The summed E-state index contributed by atoms with van der Waals surface area (Å²) in [6, 6.07) is 0.175. The second-order valence-electron chi connectivity index (χ2n) is 7.20. The van der Waals surface area contributed by atoms with Gasteiger partial charge >= 0.3 is 5.97 Å². The molecule has 4 unspecified atom stereocenters. The van der Waals surface area contributed by atoms with Gasteiger partial charge in [-0.2, -0.15) is 0 Å². The summed E-state index contributed by atoms with van der Waals surface area (Å²) < 4.78 is 19.1. The minimum atomic E-state index is -1.13. The van der Waals surface area contributed by atoms with E-state index >= 15 is 0 Å². The molecule has 4 heterocycles. The van der Waals surface area contributed by atoms with Gasteiger partial charge in [0, 0.05) is 6.04 Å². The van der Waals surface area contributed by atoms with Gasteiger partial charge in [-0.1, -0.05) is 0 Å². The number of hydrogen-bond acceptors (Lipinski definition) is 8. The lowest BCUT2D eigenvalue weighted by Crippen LogP contribution is -2.35. The van der Waals surface area contributed by atoms with Gasteiger partial charge in [0.25, 0.3) is 0 Å². The Balaban J connectivity index is 1.74. The van der Waals surface area contributed by atoms with Crippen LogP contribution in [0.4, 0.5) is 5.82 Å². The maximum absolute atomic E-state index is 11.6. The summed E-state index contributed by atoms with van der Waals surface area (Å²) in [7, 11) is 0. The van der Waals surface area contributed by atoms with Gasteiger partial charge in [-0.25, -0.2) is 19.7 Å². The number of rotatable bonds is 4. The van der Waals surface area contributed by atoms with Crippen molar-refractivity contribution >= 4 is 23.0 Å². The second-order valence-corrected chi connectivity index (χ2v) is 7.20. The highest BCUT2D eigenvalue weighted by Gasteiger charge is 2.58. The highest BCUT2D eigenvalue weighted by Crippen LogP contribution is 2.43. The van der Waals surface area contributed by atoms with Crippen molar-refractivity contribution < 1.29 is 24.1 Å². The van der Waals surface area contributed by atoms with E-state index in [1.54, 1.807) is 24.7 Å². The monoisotopic (exact) mass is 363 g/mol. The Morgan fingerprint density at radius 3 is 2.69 bits per heavy atom. The standard InChI is InChI=1S/C16H21N5O5/c1-7(2)20-12-8-13(18-5-17-12)21(6-19-8)14-10-9(11(24-14)15(22)23)25-16(3,4)26-10/h5-7,9-11,14H,1-4H3,(H,22,23)(H,17,18,20). The molecule has 0 aromatic carbocycles. The zero-order valence-corrected chi connectivity index (χ0v) is 14.9. The van der Waals surface area contributed by atoms with E-state index in [-0.39, 0.29) is 6.04 Å². The Labute approximate surface area is 149 Å². The quantitative estimate of drug-likeness (QED) is 0.824. The normalized spacial score (nSPS) is 30.0. The van der Waals surface area contributed by atoms with Gasteiger partial charge in [0.15, 0.2) is 35.1 Å². The summed E-state index contributed by atoms with van der Waals surface area (Å²) in [5.41, 5.74) is 1.12. The first-order valence-electron chi connectivity index (χ1n) is 8.45. The summed E-state index contributed by atoms with van der Waals surface area (Å²) in [5, 5.41) is 12.7. The van der Waals surface area contributed by atoms with Crippen molar-refractivity contribution in [3.63, 3.8) is 0 Å². The number of aliphatic carboxylic acids is 1. The van der Waals surface area contributed by atoms with Crippen LogP contribution in [0.2, 0.25) is 0 Å². The summed E-state index contributed by atoms with van der Waals surface area (Å²) >= 11 is 0. The molecule has 10 nitrogen and oxygen atoms in total. The SMILES string of the molecule is CC(C)Nc1ncnc2c1ncn2C1OC(C(=O)O)C2OC(C)(C)OC21. The van der Waals surface area contributed by atoms with Crippen molar-refractivity contribution in [3.8, 4) is 0 Å². The minimum Gasteiger partial charge on any atom is -0.479 e. The lowest BCUT2D eigenvalue weighted by Gasteiger charge is -2.23. The van der Waals surface area contributed by atoms with E-state index in [9.17, 15) is 9.90 Å². The fraction of sp³-hybridized carbons (Fsp3) is 0.625. The summed E-state index contributed by atoms with van der Waals surface area (Å²) in [6.07, 6.45) is -0.137. The molecule has 2 fully saturated rings. The molecule has 2 aliphatic heterocycles. The third-order valence-electron chi connectivity index (χ3n) is 4.33. The number of anilines is 1. The molecule has 4 atom stereocenters. The van der Waals surface area contributed by atoms with Crippen LogP contribution in [0, 0.1) is 0 Å². The number of hydrogen-bond donors (Lipinski definition) is 2. The van der Waals surface area contributed by atoms with Gasteiger partial charge in [-0.3, -0.25) is 4.57 Å². The fourth-order valence-corrected chi connectivity index (χ4v) is 3.42. The third-order valence-corrected chi connectivity index (χ3v) is 4.33. The van der Waals surface area contributed by atoms with Crippen LogP contribution in [0.3, 0.4) is 0 Å². The lowest BCUT2D eigenvalue weighted by atomic mass is 10.1. The molecule has 2 aliphatic rings. The number of nitrogens with zero attached hydrogens (tertiary/aromatic N) is 4. The topological polar surface area (TPSA) is 121 Å². The molecule has 4 rings (SSSR count). The number of nitrogens with one attached hydrogen (secondary N) is 1. The van der Waals surface area contributed by atoms with E-state index in [1.165, 1.54) is 6.33 Å². The molecule has 2 aromatic rings. The van der Waals surface area contributed by atoms with Crippen LogP contribution < -0.4 is 5.32 Å². The Bertz CT molecular complexity index is 851. The molecular weight excluding hydrogens is 342 g/mol. The summed E-state index contributed by atoms with van der Waals surface area (Å²) in [5.74, 6) is -1.37. The molecule has 0 spiro atoms. The number of carboxylic acid groups (broad SMARTS) is 1. The third kappa shape index (κ3) is 2.70. The van der Waals surface area contributed by atoms with Crippen molar-refractivity contribution in [3.05, 3.63) is 12.7 Å². The van der Waals surface area contributed by atoms with Crippen LogP contribution in [0.25, 0.3) is 11.2 Å². The molecule has 0 amide bonds. The molecule has 0 aliphatic carbocycles. The molecule has 2 aromatic heterocycles. The number of fused-ring (bicyclic) bond motifs is 2. The summed E-state index contributed by atoms with van der Waals surface area (Å²) in [6.45, 7) is 7.50. The number of carboxylic acids is 1. The average Bonchev–Trinajstić information content (AvgIpc) is 3.17. The van der Waals surface area contributed by atoms with E-state index in [1.807, 2.05) is 13.8 Å². The van der Waals surface area contributed by atoms with Crippen LogP contribution in [-0.4, -0.2) is 60.7 Å². The maximum Gasteiger partial charge on any atom is 0.335 e. The largest absolute Gasteiger partial charge is 0.479 e. The Kier molecular flexibility index (Phi) is 3.86. The van der Waals surface area contributed by atoms with Crippen molar-refractivity contribution in [1.29, 1.82) is 0 Å². The van der Waals surface area contributed by atoms with E-state index < -0.39 is 36.3 Å². The van der Waals surface area contributed by atoms with E-state index in [4.69, 9.17) is 14.2 Å². The Hall–Kier alpha value is -2.30. The number of aromatic nitrogens is 4. The highest BCUT2D eigenvalue weighted by molar-refractivity contribution is 5.83. The van der Waals surface area contributed by atoms with Crippen LogP contribution in [0.15, 0.2) is 12.7 Å². The molecule has 10 heteroatoms. The predicted octanol–water partition coefficient (Wildman–Crippen LogP) is 1.15. The number of imidazole rings is 1. The van der Waals surface area contributed by atoms with Crippen LogP contribution in [-0.2, 0) is 19.0 Å². The van der Waals surface area contributed by atoms with Gasteiger partial charge in [-0.15, -0.1) is 0 Å². The Morgan fingerprint density at radius 1 is 1.27 bits per heavy atom. The molecular formula is C16H21N5O5. The molecule has 26 heavy (non-hydrogen) atoms. The minimum absolute atomic E-state index is 0.175. The maximum atomic E-state index is 11.6. The molecule has 2 saturated heterocycles. The first-order chi connectivity index (χ1) is 12.3. The molecule has 2 N–H and O–H groups in total. The van der Waals surface area contributed by atoms with Gasteiger partial charge in [0.1, 0.15) is 18.5 Å². The lowest BCUT2D eigenvalue weighted by molar-refractivity contribution is -0.202. The predicted molar refractivity (Wildman–Crippen MR) is 89.5 cm³/mol. The Morgan fingerprint density at radius 2 is 2.00 bits per heavy atom. The van der Waals surface area contributed by atoms with Gasteiger partial charge in [0.2, 0.25) is 0 Å². The number of carbonyl (C=O) groups is 1. The molecule has 0 bridgehead atoms. The van der Waals surface area contributed by atoms with Gasteiger partial charge < -0.3 is 24.6 Å². The highest BCUT2D eigenvalue weighted by atomic mass is 16.8. The van der Waals surface area contributed by atoms with E-state index in [0.29, 0.717) is 17.0 Å². The fourth-order valence-electron chi connectivity index (χ4n) is 3.42. The molecule has 0 saturated carbocycles. The van der Waals surface area contributed by atoms with E-state index in [2.05, 4.69) is 20.3 Å². The molecule has 0 radical (unpaired) electrons. The van der Waals surface area contributed by atoms with Crippen molar-refractivity contribution in [2.24, 2.45) is 0 Å². The zero-order valence-electron chi connectivity index (χ0n) is 14.9. The van der Waals surface area contributed by atoms with Crippen LogP contribution >= 0.6 is 0 Å². The van der Waals surface area contributed by atoms with E-state index in [0.717, 1.165) is 0 Å². The van der Waals surface area contributed by atoms with Crippen LogP contribution in [0.1, 0.15) is 33.9 Å². The molecule has 140 valence electrons. The summed E-state index contributed by atoms with van der Waals surface area (Å²) in [4.78, 5) is 24.5. The first kappa shape index (κ1) is 17.1. The average molecular weight is 363 g/mol. The van der Waals surface area contributed by atoms with Crippen molar-refractivity contribution in [1.82, 2.24) is 19.5 Å². The van der Waals surface area contributed by atoms with Gasteiger partial charge in [0.05, 0.1) is 6.33 Å².